The molecule has 0 radical (unpaired) electrons. The summed E-state index contributed by atoms with van der Waals surface area (Å²) in [6, 6.07) is 8.30. The number of piperazine rings is 1. The maximum Gasteiger partial charge on any atom is 0.273 e. The van der Waals surface area contributed by atoms with Gasteiger partial charge in [-0.05, 0) is 29.0 Å². The van der Waals surface area contributed by atoms with Crippen molar-refractivity contribution < 1.29 is 4.79 Å². The molecule has 1 saturated heterocycles. The minimum atomic E-state index is 0.0445. The molecule has 110 valence electrons. The molecule has 1 N–H and O–H groups in total. The first-order chi connectivity index (χ1) is 10.2. The van der Waals surface area contributed by atoms with E-state index in [4.69, 9.17) is 0 Å². The van der Waals surface area contributed by atoms with Crippen LogP contribution in [0.2, 0.25) is 0 Å². The molecule has 0 aliphatic carbocycles. The molecule has 4 nitrogen and oxygen atoms in total. The van der Waals surface area contributed by atoms with E-state index in [2.05, 4.69) is 42.3 Å². The van der Waals surface area contributed by atoms with Crippen LogP contribution in [0.4, 0.5) is 0 Å². The van der Waals surface area contributed by atoms with Gasteiger partial charge >= 0.3 is 0 Å². The van der Waals surface area contributed by atoms with Gasteiger partial charge in [-0.1, -0.05) is 26.0 Å². The molecule has 1 fully saturated rings. The molecule has 0 atom stereocenters. The van der Waals surface area contributed by atoms with Crippen molar-refractivity contribution in [2.24, 2.45) is 0 Å². The predicted octanol–water partition coefficient (Wildman–Crippen LogP) is 2.40. The maximum atomic E-state index is 12.7. The average molecular weight is 283 g/mol. The molecule has 4 heteroatoms. The Morgan fingerprint density at radius 3 is 2.71 bits per heavy atom. The summed E-state index contributed by atoms with van der Waals surface area (Å²) in [6.45, 7) is 7.54. The highest BCUT2D eigenvalue weighted by atomic mass is 16.2. The Morgan fingerprint density at radius 2 is 2.00 bits per heavy atom. The second-order valence-electron chi connectivity index (χ2n) is 5.84. The number of benzene rings is 1. The van der Waals surface area contributed by atoms with Crippen LogP contribution in [-0.4, -0.2) is 42.0 Å². The molecule has 0 bridgehead atoms. The lowest BCUT2D eigenvalue weighted by Gasteiger charge is -2.27. The highest BCUT2D eigenvalue weighted by Crippen LogP contribution is 2.24. The predicted molar refractivity (Wildman–Crippen MR) is 84.6 cm³/mol. The third-order valence-corrected chi connectivity index (χ3v) is 4.06. The van der Waals surface area contributed by atoms with Gasteiger partial charge in [0, 0.05) is 37.8 Å². The first kappa shape index (κ1) is 14.0. The van der Waals surface area contributed by atoms with Gasteiger partial charge in [0.2, 0.25) is 0 Å². The van der Waals surface area contributed by atoms with Crippen LogP contribution < -0.4 is 5.32 Å². The summed E-state index contributed by atoms with van der Waals surface area (Å²) in [5.41, 5.74) is 1.82. The number of hydrogen-bond acceptors (Lipinski definition) is 3. The van der Waals surface area contributed by atoms with Gasteiger partial charge in [-0.2, -0.15) is 0 Å². The fraction of sp³-hybridized carbons (Fsp3) is 0.412. The number of fused-ring (bicyclic) bond motifs is 1. The topological polar surface area (TPSA) is 45.2 Å². The van der Waals surface area contributed by atoms with Crippen LogP contribution in [0, 0.1) is 0 Å². The van der Waals surface area contributed by atoms with Gasteiger partial charge in [0.1, 0.15) is 5.69 Å². The number of carbonyl (C=O) groups is 1. The van der Waals surface area contributed by atoms with Crippen LogP contribution in [0.25, 0.3) is 10.8 Å². The van der Waals surface area contributed by atoms with E-state index >= 15 is 0 Å². The molecule has 1 aromatic carbocycles. The summed E-state index contributed by atoms with van der Waals surface area (Å²) >= 11 is 0. The van der Waals surface area contributed by atoms with Gasteiger partial charge < -0.3 is 10.2 Å². The summed E-state index contributed by atoms with van der Waals surface area (Å²) in [5.74, 6) is 0.486. The first-order valence-electron chi connectivity index (χ1n) is 7.55. The van der Waals surface area contributed by atoms with Crippen LogP contribution in [0.1, 0.15) is 35.8 Å². The standard InChI is InChI=1S/C17H21N3O/c1-12(2)14-4-3-13-5-6-19-16(15(13)11-14)17(21)20-9-7-18-8-10-20/h3-6,11-12,18H,7-10H2,1-2H3. The zero-order valence-corrected chi connectivity index (χ0v) is 12.6. The first-order valence-corrected chi connectivity index (χ1v) is 7.55. The van der Waals surface area contributed by atoms with E-state index in [1.54, 1.807) is 6.20 Å². The van der Waals surface area contributed by atoms with Crippen molar-refractivity contribution in [3.8, 4) is 0 Å². The fourth-order valence-corrected chi connectivity index (χ4v) is 2.73. The molecule has 0 unspecified atom stereocenters. The van der Waals surface area contributed by atoms with Crippen molar-refractivity contribution in [3.63, 3.8) is 0 Å². The normalized spacial score (nSPS) is 15.7. The largest absolute Gasteiger partial charge is 0.335 e. The third-order valence-electron chi connectivity index (χ3n) is 4.06. The van der Waals surface area contributed by atoms with Crippen LogP contribution in [0.15, 0.2) is 30.5 Å². The highest BCUT2D eigenvalue weighted by molar-refractivity contribution is 6.05. The van der Waals surface area contributed by atoms with E-state index in [1.165, 1.54) is 5.56 Å². The summed E-state index contributed by atoms with van der Waals surface area (Å²) < 4.78 is 0. The van der Waals surface area contributed by atoms with E-state index in [1.807, 2.05) is 11.0 Å². The van der Waals surface area contributed by atoms with Gasteiger partial charge in [-0.3, -0.25) is 9.78 Å². The number of nitrogens with zero attached hydrogens (tertiary/aromatic N) is 2. The van der Waals surface area contributed by atoms with Gasteiger partial charge in [-0.15, -0.1) is 0 Å². The van der Waals surface area contributed by atoms with Crippen LogP contribution in [0.3, 0.4) is 0 Å². The monoisotopic (exact) mass is 283 g/mol. The lowest BCUT2D eigenvalue weighted by Crippen LogP contribution is -2.46. The van der Waals surface area contributed by atoms with E-state index < -0.39 is 0 Å². The Kier molecular flexibility index (Phi) is 3.88. The Morgan fingerprint density at radius 1 is 1.24 bits per heavy atom. The summed E-state index contributed by atoms with van der Waals surface area (Å²) in [5, 5.41) is 5.31. The number of nitrogens with one attached hydrogen (secondary N) is 1. The number of carbonyl (C=O) groups excluding carboxylic acids is 1. The van der Waals surface area contributed by atoms with Gasteiger partial charge in [0.15, 0.2) is 0 Å². The van der Waals surface area contributed by atoms with Crippen molar-refractivity contribution in [2.45, 2.75) is 19.8 Å². The van der Waals surface area contributed by atoms with E-state index in [0.29, 0.717) is 11.6 Å². The van der Waals surface area contributed by atoms with Crippen molar-refractivity contribution in [3.05, 3.63) is 41.7 Å². The Labute approximate surface area is 125 Å². The van der Waals surface area contributed by atoms with Gasteiger partial charge in [-0.25, -0.2) is 0 Å². The molecule has 1 aromatic heterocycles. The zero-order chi connectivity index (χ0) is 14.8. The molecule has 1 aliphatic rings. The molecule has 21 heavy (non-hydrogen) atoms. The van der Waals surface area contributed by atoms with Crippen LogP contribution in [0.5, 0.6) is 0 Å². The second-order valence-corrected chi connectivity index (χ2v) is 5.84. The molecule has 2 heterocycles. The van der Waals surface area contributed by atoms with Crippen molar-refractivity contribution in [1.29, 1.82) is 0 Å². The summed E-state index contributed by atoms with van der Waals surface area (Å²) in [6.07, 6.45) is 1.73. The smallest absolute Gasteiger partial charge is 0.273 e. The molecular formula is C17H21N3O. The average Bonchev–Trinajstić information content (AvgIpc) is 2.54. The van der Waals surface area contributed by atoms with E-state index in [9.17, 15) is 4.79 Å². The lowest BCUT2D eigenvalue weighted by atomic mass is 9.98. The minimum Gasteiger partial charge on any atom is -0.335 e. The van der Waals surface area contributed by atoms with Crippen LogP contribution >= 0.6 is 0 Å². The quantitative estimate of drug-likeness (QED) is 0.920. The molecule has 1 aliphatic heterocycles. The van der Waals surface area contributed by atoms with E-state index in [0.717, 1.165) is 37.0 Å². The highest BCUT2D eigenvalue weighted by Gasteiger charge is 2.21. The maximum absolute atomic E-state index is 12.7. The van der Waals surface area contributed by atoms with Crippen molar-refractivity contribution in [1.82, 2.24) is 15.2 Å². The molecule has 3 rings (SSSR count). The summed E-state index contributed by atoms with van der Waals surface area (Å²) in [7, 11) is 0. The number of rotatable bonds is 2. The lowest BCUT2D eigenvalue weighted by molar-refractivity contribution is 0.0732. The number of amides is 1. The second kappa shape index (κ2) is 5.82. The van der Waals surface area contributed by atoms with Crippen molar-refractivity contribution in [2.75, 3.05) is 26.2 Å². The third kappa shape index (κ3) is 2.76. The molecule has 2 aromatic rings. The molecule has 0 spiro atoms. The van der Waals surface area contributed by atoms with Gasteiger partial charge in [0.05, 0.1) is 0 Å². The summed E-state index contributed by atoms with van der Waals surface area (Å²) in [4.78, 5) is 19.0. The van der Waals surface area contributed by atoms with Crippen LogP contribution in [-0.2, 0) is 0 Å². The Balaban J connectivity index is 2.04. The Bertz CT molecular complexity index is 660. The number of hydrogen-bond donors (Lipinski definition) is 1. The van der Waals surface area contributed by atoms with Crippen molar-refractivity contribution >= 4 is 16.7 Å². The minimum absolute atomic E-state index is 0.0445. The number of aromatic nitrogens is 1. The molecule has 0 saturated carbocycles. The SMILES string of the molecule is CC(C)c1ccc2ccnc(C(=O)N3CCNCC3)c2c1. The van der Waals surface area contributed by atoms with Gasteiger partial charge in [0.25, 0.3) is 5.91 Å². The molecule has 1 amide bonds. The number of pyridine rings is 1. The van der Waals surface area contributed by atoms with E-state index in [-0.39, 0.29) is 5.91 Å². The zero-order valence-electron chi connectivity index (χ0n) is 12.6. The fourth-order valence-electron chi connectivity index (χ4n) is 2.73. The Hall–Kier alpha value is -1.94. The molecular weight excluding hydrogens is 262 g/mol.